The summed E-state index contributed by atoms with van der Waals surface area (Å²) in [7, 11) is 0. The number of para-hydroxylation sites is 1. The van der Waals surface area contributed by atoms with Crippen molar-refractivity contribution in [3.63, 3.8) is 0 Å². The average molecular weight is 915 g/mol. The fraction of sp³-hybridized carbons (Fsp3) is 0.250. The second-order valence-electron chi connectivity index (χ2n) is 21.5. The molecule has 0 atom stereocenters. The predicted octanol–water partition coefficient (Wildman–Crippen LogP) is 17.4. The molecule has 0 spiro atoms. The number of hydrogen-bond donors (Lipinski definition) is 0. The van der Waals surface area contributed by atoms with Crippen molar-refractivity contribution in [3.05, 3.63) is 174 Å². The number of unbranched alkanes of at least 4 members (excludes halogenated alkanes) is 2. The predicted molar refractivity (Wildman–Crippen MR) is 298 cm³/mol. The Kier molecular flexibility index (Phi) is 9.87. The van der Waals surface area contributed by atoms with E-state index in [1.165, 1.54) is 117 Å². The first-order chi connectivity index (χ1) is 33.6. The van der Waals surface area contributed by atoms with Gasteiger partial charge in [0.05, 0.1) is 5.69 Å². The smallest absolute Gasteiger partial charge is 0.333 e. The van der Waals surface area contributed by atoms with Gasteiger partial charge in [-0.15, -0.1) is 11.3 Å². The Morgan fingerprint density at radius 3 is 2.00 bits per heavy atom. The lowest BCUT2D eigenvalue weighted by atomic mass is 9.43. The minimum atomic E-state index is -0.155. The van der Waals surface area contributed by atoms with Gasteiger partial charge in [0, 0.05) is 70.4 Å². The van der Waals surface area contributed by atoms with Crippen LogP contribution in [0.5, 0.6) is 0 Å². The first-order valence-corrected chi connectivity index (χ1v) is 26.4. The molecule has 0 saturated carbocycles. The Balaban J connectivity index is 1.21. The van der Waals surface area contributed by atoms with E-state index in [0.29, 0.717) is 0 Å². The number of hydrogen-bond acceptors (Lipinski definition) is 4. The summed E-state index contributed by atoms with van der Waals surface area (Å²) < 4.78 is 9.89. The van der Waals surface area contributed by atoms with Gasteiger partial charge in [0.1, 0.15) is 11.2 Å². The zero-order chi connectivity index (χ0) is 46.8. The molecule has 69 heavy (non-hydrogen) atoms. The standard InChI is InChI=1S/C64H59BN2OS/c1-7-9-18-40-26-29-43(30-27-40)67-54-38-51-50(63(3,4)32-33-64(51,5)6)35-49(54)60-61-56(37-48-44-22-14-16-24-57(44)68-62(48)60)66(53-31-28-41(19-10-8-2)34-46(53)42-20-12-11-13-21-42)55-39-59-47(36-52(55)65(61)67)45-23-15-17-25-58(45)69-59/h11-17,20-31,34-39H,7-10,18-19,32-33H2,1-6H3. The van der Waals surface area contributed by atoms with Gasteiger partial charge in [-0.1, -0.05) is 145 Å². The monoisotopic (exact) mass is 914 g/mol. The number of fused-ring (bicyclic) bond motifs is 12. The third-order valence-corrected chi connectivity index (χ3v) is 17.4. The van der Waals surface area contributed by atoms with Gasteiger partial charge in [-0.25, -0.2) is 0 Å². The molecule has 5 heteroatoms. The highest BCUT2D eigenvalue weighted by atomic mass is 32.1. The first-order valence-electron chi connectivity index (χ1n) is 25.6. The third-order valence-electron chi connectivity index (χ3n) is 16.3. The van der Waals surface area contributed by atoms with E-state index in [1.807, 2.05) is 11.3 Å². The molecule has 340 valence electrons. The minimum Gasteiger partial charge on any atom is -0.455 e. The fourth-order valence-corrected chi connectivity index (χ4v) is 13.5. The molecular weight excluding hydrogens is 856 g/mol. The van der Waals surface area contributed by atoms with Crippen LogP contribution >= 0.6 is 11.3 Å². The second-order valence-corrected chi connectivity index (χ2v) is 22.6. The van der Waals surface area contributed by atoms with E-state index in [2.05, 4.69) is 203 Å². The summed E-state index contributed by atoms with van der Waals surface area (Å²) in [5, 5.41) is 4.94. The second kappa shape index (κ2) is 16.0. The number of furan rings is 1. The van der Waals surface area contributed by atoms with Crippen molar-refractivity contribution in [1.82, 2.24) is 0 Å². The maximum absolute atomic E-state index is 7.27. The Bertz CT molecular complexity index is 3670. The molecule has 8 aromatic carbocycles. The van der Waals surface area contributed by atoms with Crippen LogP contribution in [0.3, 0.4) is 0 Å². The fourth-order valence-electron chi connectivity index (χ4n) is 12.4. The summed E-state index contributed by atoms with van der Waals surface area (Å²) in [6, 6.07) is 58.6. The van der Waals surface area contributed by atoms with Crippen LogP contribution in [-0.4, -0.2) is 6.85 Å². The molecule has 0 N–H and O–H groups in total. The van der Waals surface area contributed by atoms with Crippen molar-refractivity contribution in [3.8, 4) is 22.3 Å². The number of thiophene rings is 1. The lowest BCUT2D eigenvalue weighted by Crippen LogP contribution is -2.61. The molecule has 0 amide bonds. The van der Waals surface area contributed by atoms with Crippen molar-refractivity contribution in [1.29, 1.82) is 0 Å². The van der Waals surface area contributed by atoms with E-state index < -0.39 is 0 Å². The molecule has 0 radical (unpaired) electrons. The van der Waals surface area contributed by atoms with Crippen LogP contribution in [0.1, 0.15) is 102 Å². The van der Waals surface area contributed by atoms with Gasteiger partial charge < -0.3 is 14.1 Å². The van der Waals surface area contributed by atoms with E-state index in [1.54, 1.807) is 0 Å². The van der Waals surface area contributed by atoms with Crippen LogP contribution in [0.15, 0.2) is 156 Å². The van der Waals surface area contributed by atoms with E-state index in [0.717, 1.165) is 60.5 Å². The summed E-state index contributed by atoms with van der Waals surface area (Å²) >= 11 is 1.91. The van der Waals surface area contributed by atoms with Crippen LogP contribution in [0, 0.1) is 0 Å². The molecule has 2 aromatic heterocycles. The summed E-state index contributed by atoms with van der Waals surface area (Å²) in [5.74, 6) is 0. The van der Waals surface area contributed by atoms with Crippen molar-refractivity contribution >= 4 is 99.7 Å². The zero-order valence-corrected chi connectivity index (χ0v) is 41.7. The van der Waals surface area contributed by atoms with E-state index in [9.17, 15) is 0 Å². The molecule has 0 bridgehead atoms. The number of anilines is 5. The number of nitrogens with zero attached hydrogens (tertiary/aromatic N) is 2. The number of aryl methyl sites for hydroxylation is 2. The molecule has 13 rings (SSSR count). The summed E-state index contributed by atoms with van der Waals surface area (Å²) in [5.41, 5.74) is 21.3. The Morgan fingerprint density at radius 2 is 1.23 bits per heavy atom. The van der Waals surface area contributed by atoms with Gasteiger partial charge in [-0.05, 0) is 149 Å². The van der Waals surface area contributed by atoms with Crippen LogP contribution < -0.4 is 20.6 Å². The van der Waals surface area contributed by atoms with Crippen molar-refractivity contribution in [2.45, 2.75) is 104 Å². The number of rotatable bonds is 9. The van der Waals surface area contributed by atoms with Gasteiger partial charge in [0.15, 0.2) is 0 Å². The summed E-state index contributed by atoms with van der Waals surface area (Å²) in [6.07, 6.45) is 9.14. The van der Waals surface area contributed by atoms with Crippen molar-refractivity contribution < 1.29 is 4.42 Å². The largest absolute Gasteiger partial charge is 0.455 e. The molecule has 3 nitrogen and oxygen atoms in total. The average Bonchev–Trinajstić information content (AvgIpc) is 3.94. The van der Waals surface area contributed by atoms with E-state index in [4.69, 9.17) is 4.42 Å². The van der Waals surface area contributed by atoms with Gasteiger partial charge in [-0.3, -0.25) is 0 Å². The van der Waals surface area contributed by atoms with Crippen molar-refractivity contribution in [2.24, 2.45) is 0 Å². The van der Waals surface area contributed by atoms with Crippen LogP contribution in [0.25, 0.3) is 64.4 Å². The molecule has 4 heterocycles. The SMILES string of the molecule is CCCCc1ccc(N2B3c4cc5c(cc4N(c4ccc(CCCC)cc4-c4ccccc4)c4cc6c(oc7ccccc76)c(c43)-c3cc4c(cc32)C(C)(C)CCC4(C)C)sc2ccccc25)cc1. The lowest BCUT2D eigenvalue weighted by Gasteiger charge is -2.48. The molecule has 10 aromatic rings. The maximum atomic E-state index is 7.27. The quantitative estimate of drug-likeness (QED) is 0.135. The van der Waals surface area contributed by atoms with E-state index >= 15 is 0 Å². The molecule has 0 saturated heterocycles. The van der Waals surface area contributed by atoms with Gasteiger partial charge in [0.2, 0.25) is 0 Å². The zero-order valence-electron chi connectivity index (χ0n) is 40.9. The van der Waals surface area contributed by atoms with E-state index in [-0.39, 0.29) is 17.7 Å². The highest BCUT2D eigenvalue weighted by Crippen LogP contribution is 2.56. The number of benzene rings is 8. The molecular formula is C64H59BN2OS. The van der Waals surface area contributed by atoms with Gasteiger partial charge >= 0.3 is 6.85 Å². The highest BCUT2D eigenvalue weighted by molar-refractivity contribution is 7.26. The first kappa shape index (κ1) is 42.5. The third kappa shape index (κ3) is 6.60. The molecule has 0 fully saturated rings. The lowest BCUT2D eigenvalue weighted by molar-refractivity contribution is 0.332. The van der Waals surface area contributed by atoms with Crippen LogP contribution in [0.4, 0.5) is 28.4 Å². The van der Waals surface area contributed by atoms with Gasteiger partial charge in [-0.2, -0.15) is 0 Å². The Labute approximate surface area is 411 Å². The molecule has 1 aliphatic carbocycles. The van der Waals surface area contributed by atoms with Crippen LogP contribution in [0.2, 0.25) is 0 Å². The highest BCUT2D eigenvalue weighted by Gasteiger charge is 2.49. The topological polar surface area (TPSA) is 19.6 Å². The summed E-state index contributed by atoms with van der Waals surface area (Å²) in [6.45, 7) is 14.3. The Hall–Kier alpha value is -6.56. The Morgan fingerprint density at radius 1 is 0.551 bits per heavy atom. The van der Waals surface area contributed by atoms with Crippen molar-refractivity contribution in [2.75, 3.05) is 9.71 Å². The normalized spacial score (nSPS) is 15.5. The molecule has 2 aliphatic heterocycles. The summed E-state index contributed by atoms with van der Waals surface area (Å²) in [4.78, 5) is 5.39. The van der Waals surface area contributed by atoms with Gasteiger partial charge in [0.25, 0.3) is 0 Å². The molecule has 0 unspecified atom stereocenters. The minimum absolute atomic E-state index is 0.0126. The molecule has 3 aliphatic rings. The van der Waals surface area contributed by atoms with Crippen LogP contribution in [-0.2, 0) is 23.7 Å². The maximum Gasteiger partial charge on any atom is 0.333 e.